The Morgan fingerprint density at radius 2 is 1.61 bits per heavy atom. The number of aryl methyl sites for hydroxylation is 2. The van der Waals surface area contributed by atoms with E-state index in [1.54, 1.807) is 18.7 Å². The number of benzene rings is 1. The van der Waals surface area contributed by atoms with Gasteiger partial charge in [-0.3, -0.25) is 0 Å². The minimum Gasteiger partial charge on any atom is -0.353 e. The van der Waals surface area contributed by atoms with E-state index in [0.717, 1.165) is 60.6 Å². The number of anilines is 4. The normalized spacial score (nSPS) is 14.2. The summed E-state index contributed by atoms with van der Waals surface area (Å²) in [4.78, 5) is 21.9. The smallest absolute Gasteiger partial charge is 0.225 e. The van der Waals surface area contributed by atoms with Gasteiger partial charge >= 0.3 is 0 Å². The third-order valence-corrected chi connectivity index (χ3v) is 5.07. The molecule has 4 rings (SSSR count). The lowest BCUT2D eigenvalue weighted by molar-refractivity contribution is 0.634. The molecule has 28 heavy (non-hydrogen) atoms. The first-order chi connectivity index (χ1) is 13.6. The van der Waals surface area contributed by atoms with Crippen molar-refractivity contribution in [3.05, 3.63) is 59.1 Å². The van der Waals surface area contributed by atoms with Crippen molar-refractivity contribution in [2.24, 2.45) is 0 Å². The minimum atomic E-state index is 0.689. The van der Waals surface area contributed by atoms with Gasteiger partial charge in [0.15, 0.2) is 0 Å². The Labute approximate surface area is 169 Å². The Bertz CT molecular complexity index is 933. The zero-order chi connectivity index (χ0) is 19.5. The number of nitrogens with one attached hydrogen (secondary N) is 1. The quantitative estimate of drug-likeness (QED) is 0.723. The van der Waals surface area contributed by atoms with Crippen molar-refractivity contribution in [2.75, 3.05) is 41.3 Å². The van der Waals surface area contributed by atoms with Crippen molar-refractivity contribution < 1.29 is 0 Å². The fourth-order valence-electron chi connectivity index (χ4n) is 3.38. The Kier molecular flexibility index (Phi) is 5.25. The third kappa shape index (κ3) is 3.99. The summed E-state index contributed by atoms with van der Waals surface area (Å²) >= 11 is 6.41. The minimum absolute atomic E-state index is 0.689. The molecule has 3 heterocycles. The average Bonchev–Trinajstić information content (AvgIpc) is 2.72. The van der Waals surface area contributed by atoms with Crippen LogP contribution in [-0.4, -0.2) is 46.1 Å². The molecule has 0 spiro atoms. The zero-order valence-corrected chi connectivity index (χ0v) is 16.7. The van der Waals surface area contributed by atoms with Crippen molar-refractivity contribution in [3.8, 4) is 0 Å². The molecule has 1 fully saturated rings. The highest BCUT2D eigenvalue weighted by Crippen LogP contribution is 2.30. The highest BCUT2D eigenvalue weighted by molar-refractivity contribution is 6.33. The van der Waals surface area contributed by atoms with Crippen LogP contribution in [0.4, 0.5) is 23.3 Å². The summed E-state index contributed by atoms with van der Waals surface area (Å²) in [5.74, 6) is 2.40. The van der Waals surface area contributed by atoms with Crippen molar-refractivity contribution >= 4 is 34.9 Å². The summed E-state index contributed by atoms with van der Waals surface area (Å²) in [6, 6.07) is 7.84. The number of aromatic nitrogens is 4. The van der Waals surface area contributed by atoms with Crippen LogP contribution in [0.3, 0.4) is 0 Å². The van der Waals surface area contributed by atoms with Crippen LogP contribution in [0.2, 0.25) is 5.02 Å². The van der Waals surface area contributed by atoms with Crippen molar-refractivity contribution in [1.29, 1.82) is 0 Å². The van der Waals surface area contributed by atoms with E-state index < -0.39 is 0 Å². The van der Waals surface area contributed by atoms with Crippen LogP contribution >= 0.6 is 11.6 Å². The maximum atomic E-state index is 6.41. The standard InChI is InChI=1S/C20H22ClN7/c1-14-10-15(2)19(16(21)11-14)26-17-12-18(25-13-24-17)27-6-8-28(9-7-27)20-22-4-3-5-23-20/h3-5,10-13H,6-9H2,1-2H3,(H,24,25,26). The summed E-state index contributed by atoms with van der Waals surface area (Å²) in [5, 5.41) is 4.03. The van der Waals surface area contributed by atoms with Crippen LogP contribution in [0.15, 0.2) is 43.0 Å². The summed E-state index contributed by atoms with van der Waals surface area (Å²) in [6.45, 7) is 7.46. The predicted molar refractivity (Wildman–Crippen MR) is 113 cm³/mol. The van der Waals surface area contributed by atoms with Gasteiger partial charge in [0, 0.05) is 44.6 Å². The van der Waals surface area contributed by atoms with Gasteiger partial charge in [0.1, 0.15) is 18.0 Å². The van der Waals surface area contributed by atoms with Gasteiger partial charge in [0.2, 0.25) is 5.95 Å². The first kappa shape index (κ1) is 18.4. The van der Waals surface area contributed by atoms with E-state index in [9.17, 15) is 0 Å². The molecular formula is C20H22ClN7. The van der Waals surface area contributed by atoms with Crippen LogP contribution in [0.25, 0.3) is 0 Å². The van der Waals surface area contributed by atoms with E-state index in [4.69, 9.17) is 11.6 Å². The number of nitrogens with zero attached hydrogens (tertiary/aromatic N) is 6. The zero-order valence-electron chi connectivity index (χ0n) is 15.9. The van der Waals surface area contributed by atoms with E-state index in [2.05, 4.69) is 41.1 Å². The SMILES string of the molecule is Cc1cc(C)c(Nc2cc(N3CCN(c4ncccn4)CC3)ncn2)c(Cl)c1. The Morgan fingerprint density at radius 1 is 0.893 bits per heavy atom. The first-order valence-electron chi connectivity index (χ1n) is 9.23. The first-order valence-corrected chi connectivity index (χ1v) is 9.61. The lowest BCUT2D eigenvalue weighted by atomic mass is 10.1. The highest BCUT2D eigenvalue weighted by Gasteiger charge is 2.20. The molecule has 0 aliphatic carbocycles. The summed E-state index contributed by atoms with van der Waals surface area (Å²) < 4.78 is 0. The van der Waals surface area contributed by atoms with Crippen LogP contribution in [0, 0.1) is 13.8 Å². The molecule has 1 N–H and O–H groups in total. The Hall–Kier alpha value is -2.93. The molecule has 1 aromatic carbocycles. The number of hydrogen-bond acceptors (Lipinski definition) is 7. The van der Waals surface area contributed by atoms with Crippen LogP contribution in [-0.2, 0) is 0 Å². The van der Waals surface area contributed by atoms with Gasteiger partial charge in [-0.25, -0.2) is 19.9 Å². The van der Waals surface area contributed by atoms with Crippen molar-refractivity contribution in [1.82, 2.24) is 19.9 Å². The van der Waals surface area contributed by atoms with E-state index >= 15 is 0 Å². The van der Waals surface area contributed by atoms with Crippen LogP contribution in [0.5, 0.6) is 0 Å². The van der Waals surface area contributed by atoms with Crippen molar-refractivity contribution in [2.45, 2.75) is 13.8 Å². The molecular weight excluding hydrogens is 374 g/mol. The topological polar surface area (TPSA) is 70.1 Å². The van der Waals surface area contributed by atoms with Gasteiger partial charge in [0.25, 0.3) is 0 Å². The predicted octanol–water partition coefficient (Wildman–Crippen LogP) is 3.61. The van der Waals surface area contributed by atoms with Gasteiger partial charge in [-0.1, -0.05) is 17.7 Å². The molecule has 0 radical (unpaired) electrons. The summed E-state index contributed by atoms with van der Waals surface area (Å²) in [5.41, 5.74) is 3.10. The lowest BCUT2D eigenvalue weighted by Crippen LogP contribution is -2.47. The number of piperazine rings is 1. The van der Waals surface area contributed by atoms with E-state index in [0.29, 0.717) is 5.02 Å². The highest BCUT2D eigenvalue weighted by atomic mass is 35.5. The number of rotatable bonds is 4. The summed E-state index contributed by atoms with van der Waals surface area (Å²) in [6.07, 6.45) is 5.13. The number of hydrogen-bond donors (Lipinski definition) is 1. The molecule has 3 aromatic rings. The van der Waals surface area contributed by atoms with E-state index in [1.165, 1.54) is 0 Å². The molecule has 2 aromatic heterocycles. The second-order valence-corrected chi connectivity index (χ2v) is 7.26. The van der Waals surface area contributed by atoms with Gasteiger partial charge < -0.3 is 15.1 Å². The molecule has 0 saturated carbocycles. The van der Waals surface area contributed by atoms with Gasteiger partial charge in [-0.05, 0) is 37.1 Å². The second kappa shape index (κ2) is 7.98. The molecule has 1 saturated heterocycles. The van der Waals surface area contributed by atoms with Crippen molar-refractivity contribution in [3.63, 3.8) is 0 Å². The molecule has 8 heteroatoms. The molecule has 1 aliphatic heterocycles. The average molecular weight is 396 g/mol. The maximum Gasteiger partial charge on any atom is 0.225 e. The van der Waals surface area contributed by atoms with Gasteiger partial charge in [-0.2, -0.15) is 0 Å². The Balaban J connectivity index is 1.46. The second-order valence-electron chi connectivity index (χ2n) is 6.85. The monoisotopic (exact) mass is 395 g/mol. The van der Waals surface area contributed by atoms with E-state index in [-0.39, 0.29) is 0 Å². The fourth-order valence-corrected chi connectivity index (χ4v) is 3.75. The molecule has 0 atom stereocenters. The van der Waals surface area contributed by atoms with Crippen LogP contribution in [0.1, 0.15) is 11.1 Å². The summed E-state index contributed by atoms with van der Waals surface area (Å²) in [7, 11) is 0. The molecule has 0 amide bonds. The fraction of sp³-hybridized carbons (Fsp3) is 0.300. The maximum absolute atomic E-state index is 6.41. The van der Waals surface area contributed by atoms with Gasteiger partial charge in [-0.15, -0.1) is 0 Å². The van der Waals surface area contributed by atoms with Crippen LogP contribution < -0.4 is 15.1 Å². The lowest BCUT2D eigenvalue weighted by Gasteiger charge is -2.35. The largest absolute Gasteiger partial charge is 0.353 e. The molecule has 0 bridgehead atoms. The van der Waals surface area contributed by atoms with E-state index in [1.807, 2.05) is 32.0 Å². The number of halogens is 1. The Morgan fingerprint density at radius 3 is 2.32 bits per heavy atom. The molecule has 1 aliphatic rings. The molecule has 0 unspecified atom stereocenters. The molecule has 7 nitrogen and oxygen atoms in total. The molecule has 144 valence electrons. The van der Waals surface area contributed by atoms with Gasteiger partial charge in [0.05, 0.1) is 10.7 Å². The third-order valence-electron chi connectivity index (χ3n) is 4.78.